The molecule has 21 heavy (non-hydrogen) atoms. The van der Waals surface area contributed by atoms with E-state index < -0.39 is 0 Å². The van der Waals surface area contributed by atoms with Crippen LogP contribution in [0.2, 0.25) is 0 Å². The Morgan fingerprint density at radius 2 is 2.24 bits per heavy atom. The number of benzene rings is 1. The molecule has 112 valence electrons. The molecule has 0 unspecified atom stereocenters. The van der Waals surface area contributed by atoms with Gasteiger partial charge >= 0.3 is 0 Å². The zero-order valence-corrected chi connectivity index (χ0v) is 12.5. The number of hydrogen-bond donors (Lipinski definition) is 1. The number of carbonyl (C=O) groups excluding carboxylic acids is 1. The van der Waals surface area contributed by atoms with Crippen LogP contribution in [-0.2, 0) is 13.6 Å². The normalized spacial score (nSPS) is 10.4. The molecule has 2 aromatic rings. The lowest BCUT2D eigenvalue weighted by molar-refractivity contribution is 0.0777. The summed E-state index contributed by atoms with van der Waals surface area (Å²) in [5, 5.41) is 0. The highest BCUT2D eigenvalue weighted by molar-refractivity contribution is 6.01. The SMILES string of the molecule is CCOc1cccc(N)c1C(=O)N(C)Cc1nccn1C. The average Bonchev–Trinajstić information content (AvgIpc) is 2.84. The van der Waals surface area contributed by atoms with Crippen LogP contribution in [0, 0.1) is 0 Å². The van der Waals surface area contributed by atoms with Gasteiger partial charge in [-0.15, -0.1) is 0 Å². The van der Waals surface area contributed by atoms with E-state index in [1.807, 2.05) is 24.7 Å². The van der Waals surface area contributed by atoms with E-state index in [9.17, 15) is 4.79 Å². The molecule has 0 saturated carbocycles. The van der Waals surface area contributed by atoms with Crippen LogP contribution < -0.4 is 10.5 Å². The molecule has 0 fully saturated rings. The van der Waals surface area contributed by atoms with Gasteiger partial charge in [-0.25, -0.2) is 4.98 Å². The number of amides is 1. The molecule has 1 aromatic carbocycles. The number of aryl methyl sites for hydroxylation is 1. The Bertz CT molecular complexity index is 636. The lowest BCUT2D eigenvalue weighted by Gasteiger charge is -2.20. The highest BCUT2D eigenvalue weighted by Gasteiger charge is 2.20. The fourth-order valence-corrected chi connectivity index (χ4v) is 2.08. The molecule has 0 atom stereocenters. The maximum absolute atomic E-state index is 12.6. The van der Waals surface area contributed by atoms with E-state index in [4.69, 9.17) is 10.5 Å². The first-order valence-corrected chi connectivity index (χ1v) is 6.77. The minimum atomic E-state index is -0.181. The monoisotopic (exact) mass is 288 g/mol. The molecule has 6 heteroatoms. The maximum atomic E-state index is 12.6. The van der Waals surface area contributed by atoms with Crippen LogP contribution in [0.15, 0.2) is 30.6 Å². The molecule has 0 aliphatic carbocycles. The number of imidazole rings is 1. The molecule has 0 saturated heterocycles. The summed E-state index contributed by atoms with van der Waals surface area (Å²) in [6.45, 7) is 2.75. The minimum absolute atomic E-state index is 0.181. The molecular weight excluding hydrogens is 268 g/mol. The molecule has 6 nitrogen and oxygen atoms in total. The first-order chi connectivity index (χ1) is 10.0. The Labute approximate surface area is 124 Å². The van der Waals surface area contributed by atoms with Crippen LogP contribution in [0.5, 0.6) is 5.75 Å². The summed E-state index contributed by atoms with van der Waals surface area (Å²) in [4.78, 5) is 18.4. The Balaban J connectivity index is 2.25. The van der Waals surface area contributed by atoms with Gasteiger partial charge in [0.05, 0.1) is 13.2 Å². The highest BCUT2D eigenvalue weighted by atomic mass is 16.5. The van der Waals surface area contributed by atoms with E-state index in [2.05, 4.69) is 4.98 Å². The standard InChI is InChI=1S/C15H20N4O2/c1-4-21-12-7-5-6-11(16)14(12)15(20)19(3)10-13-17-8-9-18(13)2/h5-9H,4,10,16H2,1-3H3. The molecule has 0 spiro atoms. The lowest BCUT2D eigenvalue weighted by atomic mass is 10.1. The van der Waals surface area contributed by atoms with E-state index in [1.54, 1.807) is 36.3 Å². The van der Waals surface area contributed by atoms with E-state index >= 15 is 0 Å². The van der Waals surface area contributed by atoms with Gasteiger partial charge in [0.25, 0.3) is 5.91 Å². The largest absolute Gasteiger partial charge is 0.493 e. The summed E-state index contributed by atoms with van der Waals surface area (Å²) in [6, 6.07) is 5.22. The first-order valence-electron chi connectivity index (χ1n) is 6.77. The van der Waals surface area contributed by atoms with Gasteiger partial charge in [0.15, 0.2) is 0 Å². The molecule has 0 radical (unpaired) electrons. The van der Waals surface area contributed by atoms with Crippen LogP contribution in [-0.4, -0.2) is 34.0 Å². The number of hydrogen-bond acceptors (Lipinski definition) is 4. The predicted molar refractivity (Wildman–Crippen MR) is 81.0 cm³/mol. The van der Waals surface area contributed by atoms with E-state index in [0.29, 0.717) is 30.2 Å². The first kappa shape index (κ1) is 14.9. The number of carbonyl (C=O) groups is 1. The average molecular weight is 288 g/mol. The van der Waals surface area contributed by atoms with E-state index in [-0.39, 0.29) is 5.91 Å². The molecular formula is C15H20N4O2. The Hall–Kier alpha value is -2.50. The minimum Gasteiger partial charge on any atom is -0.493 e. The molecule has 2 rings (SSSR count). The van der Waals surface area contributed by atoms with Gasteiger partial charge in [-0.2, -0.15) is 0 Å². The Morgan fingerprint density at radius 3 is 2.86 bits per heavy atom. The lowest BCUT2D eigenvalue weighted by Crippen LogP contribution is -2.28. The molecule has 1 heterocycles. The van der Waals surface area contributed by atoms with Gasteiger partial charge < -0.3 is 19.9 Å². The van der Waals surface area contributed by atoms with Crippen molar-refractivity contribution in [1.82, 2.24) is 14.5 Å². The van der Waals surface area contributed by atoms with Gasteiger partial charge in [-0.05, 0) is 19.1 Å². The number of anilines is 1. The van der Waals surface area contributed by atoms with Crippen molar-refractivity contribution < 1.29 is 9.53 Å². The Morgan fingerprint density at radius 1 is 1.48 bits per heavy atom. The number of aromatic nitrogens is 2. The van der Waals surface area contributed by atoms with Crippen molar-refractivity contribution in [2.75, 3.05) is 19.4 Å². The fraction of sp³-hybridized carbons (Fsp3) is 0.333. The van der Waals surface area contributed by atoms with Gasteiger partial charge in [-0.1, -0.05) is 6.07 Å². The molecule has 0 aliphatic heterocycles. The molecule has 1 aromatic heterocycles. The van der Waals surface area contributed by atoms with Crippen molar-refractivity contribution in [2.24, 2.45) is 7.05 Å². The van der Waals surface area contributed by atoms with Gasteiger partial charge in [0.2, 0.25) is 0 Å². The highest BCUT2D eigenvalue weighted by Crippen LogP contribution is 2.26. The van der Waals surface area contributed by atoms with Crippen molar-refractivity contribution in [3.8, 4) is 5.75 Å². The number of ether oxygens (including phenoxy) is 1. The topological polar surface area (TPSA) is 73.4 Å². The molecule has 1 amide bonds. The van der Waals surface area contributed by atoms with Gasteiger partial charge in [-0.3, -0.25) is 4.79 Å². The van der Waals surface area contributed by atoms with Crippen molar-refractivity contribution in [1.29, 1.82) is 0 Å². The van der Waals surface area contributed by atoms with Crippen LogP contribution in [0.4, 0.5) is 5.69 Å². The third-order valence-electron chi connectivity index (χ3n) is 3.22. The van der Waals surface area contributed by atoms with Crippen molar-refractivity contribution in [2.45, 2.75) is 13.5 Å². The van der Waals surface area contributed by atoms with Crippen LogP contribution in [0.3, 0.4) is 0 Å². The van der Waals surface area contributed by atoms with Crippen molar-refractivity contribution in [3.05, 3.63) is 42.0 Å². The van der Waals surface area contributed by atoms with Gasteiger partial charge in [0.1, 0.15) is 17.1 Å². The van der Waals surface area contributed by atoms with Crippen molar-refractivity contribution >= 4 is 11.6 Å². The molecule has 0 bridgehead atoms. The smallest absolute Gasteiger partial charge is 0.259 e. The summed E-state index contributed by atoms with van der Waals surface area (Å²) >= 11 is 0. The maximum Gasteiger partial charge on any atom is 0.259 e. The third-order valence-corrected chi connectivity index (χ3v) is 3.22. The zero-order chi connectivity index (χ0) is 15.4. The number of nitrogens with two attached hydrogens (primary N) is 1. The van der Waals surface area contributed by atoms with Crippen LogP contribution >= 0.6 is 0 Å². The Kier molecular flexibility index (Phi) is 4.47. The molecule has 0 aliphatic rings. The second-order valence-corrected chi connectivity index (χ2v) is 4.77. The molecule has 2 N–H and O–H groups in total. The quantitative estimate of drug-likeness (QED) is 0.849. The summed E-state index contributed by atoms with van der Waals surface area (Å²) in [5.41, 5.74) is 6.76. The van der Waals surface area contributed by atoms with Crippen molar-refractivity contribution in [3.63, 3.8) is 0 Å². The zero-order valence-electron chi connectivity index (χ0n) is 12.5. The van der Waals surface area contributed by atoms with E-state index in [0.717, 1.165) is 5.82 Å². The second-order valence-electron chi connectivity index (χ2n) is 4.77. The summed E-state index contributed by atoms with van der Waals surface area (Å²) in [5.74, 6) is 1.13. The number of nitrogen functional groups attached to an aromatic ring is 1. The number of rotatable bonds is 5. The second kappa shape index (κ2) is 6.30. The van der Waals surface area contributed by atoms with E-state index in [1.165, 1.54) is 0 Å². The predicted octanol–water partition coefficient (Wildman–Crippen LogP) is 1.67. The summed E-state index contributed by atoms with van der Waals surface area (Å²) in [6.07, 6.45) is 3.55. The third kappa shape index (κ3) is 3.16. The fourth-order valence-electron chi connectivity index (χ4n) is 2.08. The van der Waals surface area contributed by atoms with Crippen LogP contribution in [0.25, 0.3) is 0 Å². The summed E-state index contributed by atoms with van der Waals surface area (Å²) < 4.78 is 7.38. The van der Waals surface area contributed by atoms with Gasteiger partial charge in [0, 0.05) is 32.2 Å². The van der Waals surface area contributed by atoms with Crippen LogP contribution in [0.1, 0.15) is 23.1 Å². The summed E-state index contributed by atoms with van der Waals surface area (Å²) in [7, 11) is 3.61. The number of nitrogens with zero attached hydrogens (tertiary/aromatic N) is 3.